The van der Waals surface area contributed by atoms with E-state index in [0.29, 0.717) is 5.57 Å². The summed E-state index contributed by atoms with van der Waals surface area (Å²) in [5.41, 5.74) is 10.0. The molecule has 1 aromatic rings. The number of aliphatic imine (C=N–C) groups is 1. The van der Waals surface area contributed by atoms with Crippen molar-refractivity contribution in [2.45, 2.75) is 6.92 Å². The highest BCUT2D eigenvalue weighted by Crippen LogP contribution is 2.39. The van der Waals surface area contributed by atoms with E-state index in [2.05, 4.69) is 4.99 Å². The highest BCUT2D eigenvalue weighted by molar-refractivity contribution is 6.32. The Bertz CT molecular complexity index is 608. The SMILES string of the molecule is CC1C=C(C(N)=O)C=C2C1=Nc1ccccc12. The van der Waals surface area contributed by atoms with Crippen molar-refractivity contribution in [1.29, 1.82) is 0 Å². The molecule has 0 aromatic heterocycles. The average molecular weight is 224 g/mol. The maximum absolute atomic E-state index is 11.3. The average Bonchev–Trinajstić information content (AvgIpc) is 2.68. The number of primary amides is 1. The van der Waals surface area contributed by atoms with Crippen molar-refractivity contribution in [1.82, 2.24) is 0 Å². The zero-order valence-corrected chi connectivity index (χ0v) is 9.47. The molecular formula is C14H12N2O. The number of nitrogens with two attached hydrogens (primary N) is 1. The summed E-state index contributed by atoms with van der Waals surface area (Å²) in [6.07, 6.45) is 3.71. The lowest BCUT2D eigenvalue weighted by Gasteiger charge is -2.16. The van der Waals surface area contributed by atoms with Gasteiger partial charge in [-0.05, 0) is 12.1 Å². The van der Waals surface area contributed by atoms with E-state index in [1.807, 2.05) is 43.3 Å². The van der Waals surface area contributed by atoms with Gasteiger partial charge in [-0.3, -0.25) is 9.79 Å². The van der Waals surface area contributed by atoms with Gasteiger partial charge < -0.3 is 5.73 Å². The van der Waals surface area contributed by atoms with Crippen LogP contribution in [-0.2, 0) is 4.79 Å². The number of carbonyl (C=O) groups is 1. The van der Waals surface area contributed by atoms with Crippen LogP contribution in [-0.4, -0.2) is 11.6 Å². The molecule has 0 saturated heterocycles. The van der Waals surface area contributed by atoms with E-state index < -0.39 is 0 Å². The Balaban J connectivity index is 2.18. The fraction of sp³-hybridized carbons (Fsp3) is 0.143. The molecule has 1 atom stereocenters. The topological polar surface area (TPSA) is 55.5 Å². The zero-order chi connectivity index (χ0) is 12.0. The van der Waals surface area contributed by atoms with Gasteiger partial charge >= 0.3 is 0 Å². The van der Waals surface area contributed by atoms with Crippen molar-refractivity contribution in [2.75, 3.05) is 0 Å². The third-order valence-electron chi connectivity index (χ3n) is 3.16. The monoisotopic (exact) mass is 224 g/mol. The summed E-state index contributed by atoms with van der Waals surface area (Å²) in [6.45, 7) is 2.03. The summed E-state index contributed by atoms with van der Waals surface area (Å²) < 4.78 is 0. The van der Waals surface area contributed by atoms with Gasteiger partial charge in [0.05, 0.1) is 11.4 Å². The Morgan fingerprint density at radius 2 is 2.12 bits per heavy atom. The molecule has 1 heterocycles. The van der Waals surface area contributed by atoms with Crippen LogP contribution in [0.25, 0.3) is 5.57 Å². The lowest BCUT2D eigenvalue weighted by Crippen LogP contribution is -2.20. The van der Waals surface area contributed by atoms with E-state index in [1.54, 1.807) is 0 Å². The number of nitrogens with zero attached hydrogens (tertiary/aromatic N) is 1. The van der Waals surface area contributed by atoms with Crippen LogP contribution in [0.4, 0.5) is 5.69 Å². The van der Waals surface area contributed by atoms with Crippen LogP contribution in [0.15, 0.2) is 47.0 Å². The molecule has 3 nitrogen and oxygen atoms in total. The predicted molar refractivity (Wildman–Crippen MR) is 68.0 cm³/mol. The maximum Gasteiger partial charge on any atom is 0.248 e. The van der Waals surface area contributed by atoms with Crippen LogP contribution in [0.1, 0.15) is 12.5 Å². The second-order valence-corrected chi connectivity index (χ2v) is 4.35. The highest BCUT2D eigenvalue weighted by Gasteiger charge is 2.27. The minimum absolute atomic E-state index is 0.130. The molecule has 0 bridgehead atoms. The molecule has 1 aromatic carbocycles. The summed E-state index contributed by atoms with van der Waals surface area (Å²) >= 11 is 0. The summed E-state index contributed by atoms with van der Waals surface area (Å²) in [7, 11) is 0. The Morgan fingerprint density at radius 3 is 2.88 bits per heavy atom. The minimum Gasteiger partial charge on any atom is -0.366 e. The zero-order valence-electron chi connectivity index (χ0n) is 9.47. The number of rotatable bonds is 1. The molecule has 2 N–H and O–H groups in total. The molecule has 0 saturated carbocycles. The summed E-state index contributed by atoms with van der Waals surface area (Å²) in [6, 6.07) is 7.95. The molecule has 0 fully saturated rings. The van der Waals surface area contributed by atoms with Crippen molar-refractivity contribution >= 4 is 22.9 Å². The normalized spacial score (nSPS) is 21.0. The van der Waals surface area contributed by atoms with Crippen LogP contribution in [0.5, 0.6) is 0 Å². The number of allylic oxidation sites excluding steroid dienone is 2. The minimum atomic E-state index is -0.382. The lowest BCUT2D eigenvalue weighted by atomic mass is 9.87. The van der Waals surface area contributed by atoms with E-state index in [4.69, 9.17) is 5.73 Å². The van der Waals surface area contributed by atoms with Gasteiger partial charge in [0.2, 0.25) is 5.91 Å². The predicted octanol–water partition coefficient (Wildman–Crippen LogP) is 2.22. The van der Waals surface area contributed by atoms with E-state index in [9.17, 15) is 4.79 Å². The van der Waals surface area contributed by atoms with Crippen molar-refractivity contribution in [3.63, 3.8) is 0 Å². The first-order chi connectivity index (χ1) is 8.16. The number of fused-ring (bicyclic) bond motifs is 3. The molecule has 2 aliphatic rings. The second kappa shape index (κ2) is 3.42. The Kier molecular flexibility index (Phi) is 2.01. The van der Waals surface area contributed by atoms with Gasteiger partial charge in [0.15, 0.2) is 0 Å². The van der Waals surface area contributed by atoms with Crippen LogP contribution in [0, 0.1) is 5.92 Å². The standard InChI is InChI=1S/C14H12N2O/c1-8-6-9(14(15)17)7-11-10-4-2-3-5-12(10)16-13(8)11/h2-8H,1H3,(H2,15,17). The lowest BCUT2D eigenvalue weighted by molar-refractivity contribution is -0.114. The third kappa shape index (κ3) is 1.43. The number of benzene rings is 1. The first-order valence-electron chi connectivity index (χ1n) is 5.58. The van der Waals surface area contributed by atoms with Gasteiger partial charge in [-0.15, -0.1) is 0 Å². The van der Waals surface area contributed by atoms with Crippen LogP contribution in [0.3, 0.4) is 0 Å². The fourth-order valence-corrected chi connectivity index (χ4v) is 2.33. The largest absolute Gasteiger partial charge is 0.366 e. The molecule has 1 amide bonds. The number of hydrogen-bond acceptors (Lipinski definition) is 2. The van der Waals surface area contributed by atoms with Gasteiger partial charge in [-0.25, -0.2) is 0 Å². The van der Waals surface area contributed by atoms with Crippen molar-refractivity contribution in [3.8, 4) is 0 Å². The second-order valence-electron chi connectivity index (χ2n) is 4.35. The van der Waals surface area contributed by atoms with E-state index >= 15 is 0 Å². The van der Waals surface area contributed by atoms with Crippen molar-refractivity contribution in [2.24, 2.45) is 16.6 Å². The molecule has 0 radical (unpaired) electrons. The molecular weight excluding hydrogens is 212 g/mol. The van der Waals surface area contributed by atoms with Gasteiger partial charge in [-0.2, -0.15) is 0 Å². The Hall–Kier alpha value is -2.16. The molecule has 3 heteroatoms. The van der Waals surface area contributed by atoms with Crippen LogP contribution in [0.2, 0.25) is 0 Å². The number of amides is 1. The van der Waals surface area contributed by atoms with E-state index in [-0.39, 0.29) is 11.8 Å². The number of para-hydroxylation sites is 1. The van der Waals surface area contributed by atoms with Gasteiger partial charge in [-0.1, -0.05) is 31.2 Å². The van der Waals surface area contributed by atoms with Crippen molar-refractivity contribution in [3.05, 3.63) is 47.6 Å². The maximum atomic E-state index is 11.3. The number of hydrogen-bond donors (Lipinski definition) is 1. The van der Waals surface area contributed by atoms with Gasteiger partial charge in [0.1, 0.15) is 0 Å². The third-order valence-corrected chi connectivity index (χ3v) is 3.16. The van der Waals surface area contributed by atoms with Gasteiger partial charge in [0.25, 0.3) is 0 Å². The molecule has 0 spiro atoms. The Labute approximate surface area is 99.4 Å². The molecule has 1 aliphatic heterocycles. The summed E-state index contributed by atoms with van der Waals surface area (Å²) in [4.78, 5) is 15.9. The van der Waals surface area contributed by atoms with Crippen molar-refractivity contribution < 1.29 is 4.79 Å². The first kappa shape index (κ1) is 10.0. The number of carbonyl (C=O) groups excluding carboxylic acids is 1. The van der Waals surface area contributed by atoms with Crippen LogP contribution >= 0.6 is 0 Å². The molecule has 1 unspecified atom stereocenters. The van der Waals surface area contributed by atoms with E-state index in [1.165, 1.54) is 0 Å². The summed E-state index contributed by atoms with van der Waals surface area (Å²) in [5.74, 6) is -0.252. The smallest absolute Gasteiger partial charge is 0.248 e. The quantitative estimate of drug-likeness (QED) is 0.781. The highest BCUT2D eigenvalue weighted by atomic mass is 16.1. The summed E-state index contributed by atoms with van der Waals surface area (Å²) in [5, 5.41) is 0. The fourth-order valence-electron chi connectivity index (χ4n) is 2.33. The Morgan fingerprint density at radius 1 is 1.35 bits per heavy atom. The molecule has 1 aliphatic carbocycles. The molecule has 17 heavy (non-hydrogen) atoms. The van der Waals surface area contributed by atoms with E-state index in [0.717, 1.165) is 22.5 Å². The molecule has 3 rings (SSSR count). The first-order valence-corrected chi connectivity index (χ1v) is 5.58. The molecule has 84 valence electrons. The van der Waals surface area contributed by atoms with Gasteiger partial charge in [0, 0.05) is 22.6 Å². The van der Waals surface area contributed by atoms with Crippen LogP contribution < -0.4 is 5.73 Å².